The highest BCUT2D eigenvalue weighted by Gasteiger charge is 2.22. The standard InChI is InChI=1S/C16H17N3/c1-12-17-15(13-8-4-2-5-9-13)19-16(18-12)14-10-6-3-7-11-14/h2-11,15-16,19H,1H3,(H,17,18). The lowest BCUT2D eigenvalue weighted by atomic mass is 10.1. The Labute approximate surface area is 113 Å². The molecule has 0 amide bonds. The van der Waals surface area contributed by atoms with Crippen LogP contribution >= 0.6 is 0 Å². The van der Waals surface area contributed by atoms with Crippen molar-refractivity contribution < 1.29 is 0 Å². The van der Waals surface area contributed by atoms with Crippen LogP contribution in [0.2, 0.25) is 0 Å². The minimum absolute atomic E-state index is 0.00709. The molecule has 0 spiro atoms. The molecule has 0 bridgehead atoms. The third kappa shape index (κ3) is 2.66. The van der Waals surface area contributed by atoms with Crippen LogP contribution in [0.25, 0.3) is 0 Å². The molecule has 2 aromatic carbocycles. The second-order valence-electron chi connectivity index (χ2n) is 4.68. The third-order valence-electron chi connectivity index (χ3n) is 3.25. The van der Waals surface area contributed by atoms with Crippen molar-refractivity contribution in [3.05, 3.63) is 71.8 Å². The smallest absolute Gasteiger partial charge is 0.129 e. The molecule has 3 rings (SSSR count). The van der Waals surface area contributed by atoms with E-state index in [-0.39, 0.29) is 12.3 Å². The molecule has 1 aliphatic heterocycles. The van der Waals surface area contributed by atoms with Crippen LogP contribution in [0, 0.1) is 0 Å². The van der Waals surface area contributed by atoms with Crippen molar-refractivity contribution in [1.82, 2.24) is 10.6 Å². The van der Waals surface area contributed by atoms with Crippen molar-refractivity contribution in [3.8, 4) is 0 Å². The Morgan fingerprint density at radius 1 is 0.842 bits per heavy atom. The van der Waals surface area contributed by atoms with Crippen LogP contribution in [0.15, 0.2) is 65.7 Å². The van der Waals surface area contributed by atoms with Crippen molar-refractivity contribution >= 4 is 5.84 Å². The summed E-state index contributed by atoms with van der Waals surface area (Å²) in [5, 5.41) is 6.89. The fourth-order valence-corrected chi connectivity index (χ4v) is 2.31. The molecular formula is C16H17N3. The summed E-state index contributed by atoms with van der Waals surface area (Å²) in [6.45, 7) is 2.01. The molecule has 3 heteroatoms. The second kappa shape index (κ2) is 5.24. The Kier molecular flexibility index (Phi) is 3.29. The van der Waals surface area contributed by atoms with E-state index in [9.17, 15) is 0 Å². The minimum atomic E-state index is 0.00709. The summed E-state index contributed by atoms with van der Waals surface area (Å²) in [6.07, 6.45) is 0.108. The zero-order valence-electron chi connectivity index (χ0n) is 10.9. The number of benzene rings is 2. The van der Waals surface area contributed by atoms with Gasteiger partial charge >= 0.3 is 0 Å². The number of aliphatic imine (C=N–C) groups is 1. The van der Waals surface area contributed by atoms with E-state index < -0.39 is 0 Å². The van der Waals surface area contributed by atoms with Gasteiger partial charge in [-0.3, -0.25) is 5.32 Å². The number of rotatable bonds is 2. The SMILES string of the molecule is CC1=NC(c2ccccc2)NC(c2ccccc2)N1. The summed E-state index contributed by atoms with van der Waals surface area (Å²) in [7, 11) is 0. The van der Waals surface area contributed by atoms with Crippen molar-refractivity contribution in [2.45, 2.75) is 19.3 Å². The van der Waals surface area contributed by atoms with E-state index in [1.807, 2.05) is 31.2 Å². The molecule has 0 radical (unpaired) electrons. The van der Waals surface area contributed by atoms with Gasteiger partial charge in [-0.2, -0.15) is 0 Å². The number of nitrogens with zero attached hydrogens (tertiary/aromatic N) is 1. The maximum absolute atomic E-state index is 4.62. The predicted octanol–water partition coefficient (Wildman–Crippen LogP) is 3.00. The van der Waals surface area contributed by atoms with Gasteiger partial charge in [-0.25, -0.2) is 4.99 Å². The van der Waals surface area contributed by atoms with Gasteiger partial charge in [0.1, 0.15) is 12.3 Å². The molecule has 2 atom stereocenters. The van der Waals surface area contributed by atoms with E-state index >= 15 is 0 Å². The zero-order valence-corrected chi connectivity index (χ0v) is 10.9. The normalized spacial score (nSPS) is 22.5. The maximum Gasteiger partial charge on any atom is 0.129 e. The fraction of sp³-hybridized carbons (Fsp3) is 0.188. The topological polar surface area (TPSA) is 36.4 Å². The molecule has 2 aromatic rings. The molecular weight excluding hydrogens is 234 g/mol. The van der Waals surface area contributed by atoms with Crippen LogP contribution in [0.1, 0.15) is 30.4 Å². The Bertz CT molecular complexity index is 563. The van der Waals surface area contributed by atoms with Crippen LogP contribution in [0.4, 0.5) is 0 Å². The molecule has 1 aliphatic rings. The van der Waals surface area contributed by atoms with E-state index in [1.165, 1.54) is 11.1 Å². The van der Waals surface area contributed by atoms with Crippen molar-refractivity contribution in [1.29, 1.82) is 0 Å². The van der Waals surface area contributed by atoms with Crippen LogP contribution < -0.4 is 10.6 Å². The first-order chi connectivity index (χ1) is 9.33. The number of amidine groups is 1. The first-order valence-corrected chi connectivity index (χ1v) is 6.50. The highest BCUT2D eigenvalue weighted by molar-refractivity contribution is 5.80. The van der Waals surface area contributed by atoms with Gasteiger partial charge in [0.25, 0.3) is 0 Å². The Morgan fingerprint density at radius 3 is 2.05 bits per heavy atom. The van der Waals surface area contributed by atoms with Crippen LogP contribution in [0.3, 0.4) is 0 Å². The molecule has 2 unspecified atom stereocenters. The molecule has 0 aromatic heterocycles. The third-order valence-corrected chi connectivity index (χ3v) is 3.25. The van der Waals surface area contributed by atoms with Gasteiger partial charge in [-0.05, 0) is 18.1 Å². The molecule has 19 heavy (non-hydrogen) atoms. The summed E-state index contributed by atoms with van der Waals surface area (Å²) < 4.78 is 0. The number of hydrogen-bond acceptors (Lipinski definition) is 3. The molecule has 0 aliphatic carbocycles. The summed E-state index contributed by atoms with van der Waals surface area (Å²) in [5.41, 5.74) is 2.40. The van der Waals surface area contributed by atoms with E-state index in [2.05, 4.69) is 52.0 Å². The van der Waals surface area contributed by atoms with Crippen molar-refractivity contribution in [2.24, 2.45) is 4.99 Å². The minimum Gasteiger partial charge on any atom is -0.355 e. The molecule has 0 saturated carbocycles. The lowest BCUT2D eigenvalue weighted by Crippen LogP contribution is -2.43. The highest BCUT2D eigenvalue weighted by atomic mass is 15.3. The van der Waals surface area contributed by atoms with E-state index in [0.717, 1.165) is 5.84 Å². The van der Waals surface area contributed by atoms with Gasteiger partial charge < -0.3 is 5.32 Å². The summed E-state index contributed by atoms with van der Waals surface area (Å²) in [6, 6.07) is 20.7. The second-order valence-corrected chi connectivity index (χ2v) is 4.68. The van der Waals surface area contributed by atoms with E-state index in [4.69, 9.17) is 0 Å². The van der Waals surface area contributed by atoms with Crippen LogP contribution in [-0.2, 0) is 0 Å². The average molecular weight is 251 g/mol. The van der Waals surface area contributed by atoms with E-state index in [0.29, 0.717) is 0 Å². The molecule has 0 fully saturated rings. The maximum atomic E-state index is 4.62. The van der Waals surface area contributed by atoms with Gasteiger partial charge in [0.05, 0.1) is 5.84 Å². The van der Waals surface area contributed by atoms with Crippen molar-refractivity contribution in [2.75, 3.05) is 0 Å². The quantitative estimate of drug-likeness (QED) is 0.861. The monoisotopic (exact) mass is 251 g/mol. The Morgan fingerprint density at radius 2 is 1.42 bits per heavy atom. The molecule has 1 heterocycles. The summed E-state index contributed by atoms with van der Waals surface area (Å²) in [4.78, 5) is 4.62. The summed E-state index contributed by atoms with van der Waals surface area (Å²) >= 11 is 0. The fourth-order valence-electron chi connectivity index (χ4n) is 2.31. The Hall–Kier alpha value is -2.13. The zero-order chi connectivity index (χ0) is 13.1. The predicted molar refractivity (Wildman–Crippen MR) is 77.7 cm³/mol. The lowest BCUT2D eigenvalue weighted by molar-refractivity contribution is 0.407. The van der Waals surface area contributed by atoms with E-state index in [1.54, 1.807) is 0 Å². The van der Waals surface area contributed by atoms with Gasteiger partial charge in [-0.1, -0.05) is 60.7 Å². The van der Waals surface area contributed by atoms with Gasteiger partial charge in [-0.15, -0.1) is 0 Å². The Balaban J connectivity index is 1.87. The number of hydrogen-bond donors (Lipinski definition) is 2. The largest absolute Gasteiger partial charge is 0.355 e. The molecule has 96 valence electrons. The molecule has 3 nitrogen and oxygen atoms in total. The van der Waals surface area contributed by atoms with Gasteiger partial charge in [0.15, 0.2) is 0 Å². The first-order valence-electron chi connectivity index (χ1n) is 6.50. The van der Waals surface area contributed by atoms with Gasteiger partial charge in [0, 0.05) is 0 Å². The van der Waals surface area contributed by atoms with Gasteiger partial charge in [0.2, 0.25) is 0 Å². The molecule has 2 N–H and O–H groups in total. The lowest BCUT2D eigenvalue weighted by Gasteiger charge is -2.30. The number of nitrogens with one attached hydrogen (secondary N) is 2. The molecule has 0 saturated heterocycles. The van der Waals surface area contributed by atoms with Crippen LogP contribution in [0.5, 0.6) is 0 Å². The first kappa shape index (κ1) is 11.9. The van der Waals surface area contributed by atoms with Crippen LogP contribution in [-0.4, -0.2) is 5.84 Å². The highest BCUT2D eigenvalue weighted by Crippen LogP contribution is 2.22. The average Bonchev–Trinajstić information content (AvgIpc) is 2.48. The summed E-state index contributed by atoms with van der Waals surface area (Å²) in [5.74, 6) is 0.960. The van der Waals surface area contributed by atoms with Crippen molar-refractivity contribution in [3.63, 3.8) is 0 Å².